The van der Waals surface area contributed by atoms with E-state index in [1.54, 1.807) is 30.1 Å². The molecule has 0 unspecified atom stereocenters. The van der Waals surface area contributed by atoms with E-state index in [-0.39, 0.29) is 28.3 Å². The topological polar surface area (TPSA) is 83.0 Å². The van der Waals surface area contributed by atoms with Gasteiger partial charge in [-0.15, -0.1) is 10.2 Å². The zero-order valence-electron chi connectivity index (χ0n) is 14.4. The van der Waals surface area contributed by atoms with Gasteiger partial charge in [0.25, 0.3) is 11.1 Å². The van der Waals surface area contributed by atoms with Gasteiger partial charge in [-0.1, -0.05) is 43.2 Å². The normalized spacial score (nSPS) is 16.0. The van der Waals surface area contributed by atoms with Gasteiger partial charge in [-0.2, -0.15) is 5.26 Å². The van der Waals surface area contributed by atoms with Gasteiger partial charge < -0.3 is 9.32 Å². The highest BCUT2D eigenvalue weighted by atomic mass is 32.2. The Balaban J connectivity index is 1.63. The van der Waals surface area contributed by atoms with Gasteiger partial charge in [-0.05, 0) is 25.0 Å². The molecule has 0 spiro atoms. The largest absolute Gasteiger partial charge is 0.411 e. The number of rotatable bonds is 5. The van der Waals surface area contributed by atoms with Crippen LogP contribution in [0.2, 0.25) is 0 Å². The lowest BCUT2D eigenvalue weighted by molar-refractivity contribution is -0.131. The Hall–Kier alpha value is -2.40. The molecule has 3 rings (SSSR count). The van der Waals surface area contributed by atoms with Crippen LogP contribution >= 0.6 is 11.8 Å². The monoisotopic (exact) mass is 374 g/mol. The van der Waals surface area contributed by atoms with Crippen molar-refractivity contribution in [1.29, 1.82) is 5.26 Å². The maximum atomic E-state index is 13.8. The van der Waals surface area contributed by atoms with Crippen LogP contribution in [-0.2, 0) is 4.79 Å². The predicted molar refractivity (Wildman–Crippen MR) is 94.6 cm³/mol. The maximum absolute atomic E-state index is 13.8. The molecular weight excluding hydrogens is 355 g/mol. The summed E-state index contributed by atoms with van der Waals surface area (Å²) in [7, 11) is 1.68. The van der Waals surface area contributed by atoms with E-state index in [1.807, 2.05) is 0 Å². The molecule has 6 nitrogen and oxygen atoms in total. The minimum atomic E-state index is -0.719. The van der Waals surface area contributed by atoms with Crippen LogP contribution < -0.4 is 0 Å². The Labute approximate surface area is 155 Å². The number of hydrogen-bond acceptors (Lipinski definition) is 6. The van der Waals surface area contributed by atoms with Crippen LogP contribution in [0.4, 0.5) is 4.39 Å². The lowest BCUT2D eigenvalue weighted by Crippen LogP contribution is -2.50. The molecule has 0 N–H and O–H groups in total. The Bertz CT molecular complexity index is 827. The maximum Gasteiger partial charge on any atom is 0.277 e. The summed E-state index contributed by atoms with van der Waals surface area (Å²) >= 11 is 1.09. The molecule has 0 saturated heterocycles. The standard InChI is InChI=1S/C18H19FN4O2S/c1-23(18(12-20)9-5-2-6-10-18)15(24)11-26-17-22-21-16(25-17)13-7-3-4-8-14(13)19/h3-4,7-8H,2,5-6,9-11H2,1H3. The number of thioether (sulfide) groups is 1. The van der Waals surface area contributed by atoms with Gasteiger partial charge in [0.05, 0.1) is 17.4 Å². The number of aromatic nitrogens is 2. The van der Waals surface area contributed by atoms with E-state index in [9.17, 15) is 14.4 Å². The number of benzene rings is 1. The van der Waals surface area contributed by atoms with Crippen molar-refractivity contribution in [2.45, 2.75) is 42.9 Å². The third kappa shape index (κ3) is 3.73. The van der Waals surface area contributed by atoms with Crippen LogP contribution in [0.25, 0.3) is 11.5 Å². The quantitative estimate of drug-likeness (QED) is 0.743. The highest BCUT2D eigenvalue weighted by Crippen LogP contribution is 2.33. The first-order valence-corrected chi connectivity index (χ1v) is 9.43. The van der Waals surface area contributed by atoms with Gasteiger partial charge in [-0.3, -0.25) is 4.79 Å². The Kier molecular flexibility index (Phi) is 5.57. The molecule has 8 heteroatoms. The molecule has 1 amide bonds. The van der Waals surface area contributed by atoms with E-state index in [2.05, 4.69) is 16.3 Å². The molecule has 1 heterocycles. The summed E-state index contributed by atoms with van der Waals surface area (Å²) in [5, 5.41) is 17.5. The van der Waals surface area contributed by atoms with Crippen molar-refractivity contribution in [3.05, 3.63) is 30.1 Å². The van der Waals surface area contributed by atoms with Crippen LogP contribution in [-0.4, -0.2) is 39.3 Å². The molecule has 0 radical (unpaired) electrons. The van der Waals surface area contributed by atoms with Crippen LogP contribution in [0.3, 0.4) is 0 Å². The Morgan fingerprint density at radius 1 is 1.35 bits per heavy atom. The number of nitrogens with zero attached hydrogens (tertiary/aromatic N) is 4. The van der Waals surface area contributed by atoms with Gasteiger partial charge in [0.1, 0.15) is 11.4 Å². The molecule has 1 aliphatic carbocycles. The van der Waals surface area contributed by atoms with Crippen molar-refractivity contribution in [1.82, 2.24) is 15.1 Å². The molecule has 1 fully saturated rings. The summed E-state index contributed by atoms with van der Waals surface area (Å²) in [4.78, 5) is 14.1. The second-order valence-electron chi connectivity index (χ2n) is 6.30. The summed E-state index contributed by atoms with van der Waals surface area (Å²) in [5.74, 6) is -0.452. The fourth-order valence-electron chi connectivity index (χ4n) is 3.13. The summed E-state index contributed by atoms with van der Waals surface area (Å²) in [6, 6.07) is 8.46. The first-order valence-electron chi connectivity index (χ1n) is 8.45. The van der Waals surface area contributed by atoms with E-state index >= 15 is 0 Å². The molecule has 0 atom stereocenters. The van der Waals surface area contributed by atoms with Gasteiger partial charge in [0.15, 0.2) is 0 Å². The molecule has 1 aromatic carbocycles. The first-order chi connectivity index (χ1) is 12.6. The van der Waals surface area contributed by atoms with Crippen LogP contribution in [0, 0.1) is 17.1 Å². The van der Waals surface area contributed by atoms with Crippen LogP contribution in [0.1, 0.15) is 32.1 Å². The average molecular weight is 374 g/mol. The van der Waals surface area contributed by atoms with Crippen molar-refractivity contribution in [2.24, 2.45) is 0 Å². The molecule has 0 aliphatic heterocycles. The zero-order chi connectivity index (χ0) is 18.6. The minimum absolute atomic E-state index is 0.0761. The van der Waals surface area contributed by atoms with Crippen molar-refractivity contribution in [2.75, 3.05) is 12.8 Å². The smallest absolute Gasteiger partial charge is 0.277 e. The molecule has 1 saturated carbocycles. The van der Waals surface area contributed by atoms with Crippen molar-refractivity contribution < 1.29 is 13.6 Å². The van der Waals surface area contributed by atoms with Crippen LogP contribution in [0.5, 0.6) is 0 Å². The Morgan fingerprint density at radius 3 is 2.77 bits per heavy atom. The lowest BCUT2D eigenvalue weighted by atomic mass is 9.81. The molecule has 136 valence electrons. The van der Waals surface area contributed by atoms with Gasteiger partial charge in [-0.25, -0.2) is 4.39 Å². The summed E-state index contributed by atoms with van der Waals surface area (Å²) < 4.78 is 19.2. The molecule has 1 aliphatic rings. The lowest BCUT2D eigenvalue weighted by Gasteiger charge is -2.38. The number of carbonyl (C=O) groups is 1. The average Bonchev–Trinajstić information content (AvgIpc) is 3.15. The van der Waals surface area contributed by atoms with E-state index < -0.39 is 11.4 Å². The molecule has 26 heavy (non-hydrogen) atoms. The third-order valence-electron chi connectivity index (χ3n) is 4.73. The summed E-state index contributed by atoms with van der Waals surface area (Å²) in [6.45, 7) is 0. The number of nitriles is 1. The van der Waals surface area contributed by atoms with E-state index in [4.69, 9.17) is 4.42 Å². The number of amides is 1. The number of halogens is 1. The molecular formula is C18H19FN4O2S. The third-order valence-corrected chi connectivity index (χ3v) is 5.54. The molecule has 0 bridgehead atoms. The van der Waals surface area contributed by atoms with Crippen molar-refractivity contribution >= 4 is 17.7 Å². The van der Waals surface area contributed by atoms with E-state index in [0.29, 0.717) is 12.8 Å². The predicted octanol–water partition coefficient (Wildman–Crippen LogP) is 3.65. The molecule has 1 aromatic heterocycles. The zero-order valence-corrected chi connectivity index (χ0v) is 15.3. The van der Waals surface area contributed by atoms with Gasteiger partial charge in [0, 0.05) is 7.05 Å². The highest BCUT2D eigenvalue weighted by molar-refractivity contribution is 7.99. The minimum Gasteiger partial charge on any atom is -0.411 e. The molecule has 2 aromatic rings. The number of hydrogen-bond donors (Lipinski definition) is 0. The number of carbonyl (C=O) groups excluding carboxylic acids is 1. The van der Waals surface area contributed by atoms with Crippen molar-refractivity contribution in [3.63, 3.8) is 0 Å². The SMILES string of the molecule is CN(C(=O)CSc1nnc(-c2ccccc2F)o1)C1(C#N)CCCCC1. The summed E-state index contributed by atoms with van der Waals surface area (Å²) in [6.07, 6.45) is 4.41. The highest BCUT2D eigenvalue weighted by Gasteiger charge is 2.38. The van der Waals surface area contributed by atoms with Crippen LogP contribution in [0.15, 0.2) is 33.9 Å². The van der Waals surface area contributed by atoms with E-state index in [0.717, 1.165) is 31.0 Å². The Morgan fingerprint density at radius 2 is 2.08 bits per heavy atom. The second-order valence-corrected chi connectivity index (χ2v) is 7.23. The second kappa shape index (κ2) is 7.87. The van der Waals surface area contributed by atoms with Gasteiger partial charge >= 0.3 is 0 Å². The summed E-state index contributed by atoms with van der Waals surface area (Å²) in [5.41, 5.74) is -0.496. The fourth-order valence-corrected chi connectivity index (χ4v) is 3.81. The van der Waals surface area contributed by atoms with E-state index in [1.165, 1.54) is 6.07 Å². The van der Waals surface area contributed by atoms with Gasteiger partial charge in [0.2, 0.25) is 5.91 Å². The van der Waals surface area contributed by atoms with Crippen molar-refractivity contribution in [3.8, 4) is 17.5 Å². The fraction of sp³-hybridized carbons (Fsp3) is 0.444. The first kappa shape index (κ1) is 18.4.